The molecule has 2 aromatic carbocycles. The lowest BCUT2D eigenvalue weighted by molar-refractivity contribution is -0.0856. The van der Waals surface area contributed by atoms with Crippen LogP contribution in [-0.4, -0.2) is 97.4 Å². The first-order valence-electron chi connectivity index (χ1n) is 13.4. The summed E-state index contributed by atoms with van der Waals surface area (Å²) < 4.78 is 34.3. The van der Waals surface area contributed by atoms with E-state index in [0.717, 1.165) is 54.4 Å². The molecule has 0 saturated carbocycles. The summed E-state index contributed by atoms with van der Waals surface area (Å²) in [5.41, 5.74) is 3.32. The van der Waals surface area contributed by atoms with Crippen molar-refractivity contribution in [2.75, 3.05) is 78.8 Å². The third-order valence-electron chi connectivity index (χ3n) is 7.08. The first-order valence-corrected chi connectivity index (χ1v) is 13.4. The number of piperidine rings is 1. The highest BCUT2D eigenvalue weighted by molar-refractivity contribution is 5.61. The number of fused-ring (bicyclic) bond motifs is 1. The van der Waals surface area contributed by atoms with Crippen LogP contribution in [0.25, 0.3) is 0 Å². The van der Waals surface area contributed by atoms with Crippen LogP contribution in [0.5, 0.6) is 11.5 Å². The Morgan fingerprint density at radius 2 is 1.79 bits per heavy atom. The van der Waals surface area contributed by atoms with Crippen molar-refractivity contribution in [3.8, 4) is 11.5 Å². The predicted octanol–water partition coefficient (Wildman–Crippen LogP) is 2.60. The summed E-state index contributed by atoms with van der Waals surface area (Å²) in [6.45, 7) is 5.49. The van der Waals surface area contributed by atoms with Gasteiger partial charge < -0.3 is 43.7 Å². The minimum absolute atomic E-state index is 0.0107. The minimum Gasteiger partial charge on any atom is -0.497 e. The van der Waals surface area contributed by atoms with Gasteiger partial charge in [0.1, 0.15) is 24.2 Å². The Morgan fingerprint density at radius 1 is 1.00 bits per heavy atom. The van der Waals surface area contributed by atoms with Crippen LogP contribution in [0.1, 0.15) is 23.5 Å². The number of benzene rings is 2. The number of anilines is 1. The van der Waals surface area contributed by atoms with Gasteiger partial charge in [-0.2, -0.15) is 0 Å². The SMILES string of the molecule is COCCCN1CCOc2ccc(CO[C@H]3CNC[C@@H](OCC(O)COC)[C@@H]3c3ccc(OC)cc3)cc21. The largest absolute Gasteiger partial charge is 0.497 e. The molecule has 0 amide bonds. The summed E-state index contributed by atoms with van der Waals surface area (Å²) >= 11 is 0. The van der Waals surface area contributed by atoms with Crippen molar-refractivity contribution in [3.63, 3.8) is 0 Å². The lowest BCUT2D eigenvalue weighted by atomic mass is 9.85. The van der Waals surface area contributed by atoms with E-state index in [4.69, 9.17) is 28.4 Å². The molecule has 1 fully saturated rings. The Labute approximate surface area is 225 Å². The second kappa shape index (κ2) is 14.7. The van der Waals surface area contributed by atoms with E-state index in [9.17, 15) is 5.11 Å². The predicted molar refractivity (Wildman–Crippen MR) is 145 cm³/mol. The molecule has 1 unspecified atom stereocenters. The van der Waals surface area contributed by atoms with Gasteiger partial charge in [0, 0.05) is 46.4 Å². The topological polar surface area (TPSA) is 90.9 Å². The van der Waals surface area contributed by atoms with Gasteiger partial charge in [-0.3, -0.25) is 0 Å². The summed E-state index contributed by atoms with van der Waals surface area (Å²) in [6.07, 6.45) is 0.00467. The van der Waals surface area contributed by atoms with E-state index in [0.29, 0.717) is 26.3 Å². The van der Waals surface area contributed by atoms with Crippen LogP contribution in [0.2, 0.25) is 0 Å². The normalized spacial score (nSPS) is 22.0. The van der Waals surface area contributed by atoms with Crippen LogP contribution in [0.3, 0.4) is 0 Å². The van der Waals surface area contributed by atoms with Crippen molar-refractivity contribution in [1.29, 1.82) is 0 Å². The fourth-order valence-corrected chi connectivity index (χ4v) is 5.16. The van der Waals surface area contributed by atoms with Gasteiger partial charge in [-0.05, 0) is 41.8 Å². The summed E-state index contributed by atoms with van der Waals surface area (Å²) in [4.78, 5) is 2.36. The number of aliphatic hydroxyl groups excluding tert-OH is 1. The van der Waals surface area contributed by atoms with Gasteiger partial charge in [0.25, 0.3) is 0 Å². The highest BCUT2D eigenvalue weighted by Gasteiger charge is 2.36. The van der Waals surface area contributed by atoms with Gasteiger partial charge in [-0.25, -0.2) is 0 Å². The maximum atomic E-state index is 10.2. The standard InChI is InChI=1S/C29H42N2O7/c1-33-13-4-11-31-12-14-36-26-10-5-21(15-25(26)31)18-37-27-16-30-17-28(38-20-23(32)19-34-2)29(27)22-6-8-24(35-3)9-7-22/h5-10,15,23,27-30,32H,4,11-14,16-20H2,1-3H3/t23?,27-,28+,29+/m0/s1. The lowest BCUT2D eigenvalue weighted by Crippen LogP contribution is -2.51. The first-order chi connectivity index (χ1) is 18.6. The van der Waals surface area contributed by atoms with Crippen LogP contribution in [-0.2, 0) is 25.6 Å². The highest BCUT2D eigenvalue weighted by atomic mass is 16.5. The molecule has 2 aliphatic heterocycles. The molecule has 2 aliphatic rings. The number of methoxy groups -OCH3 is 3. The molecule has 2 aromatic rings. The first kappa shape index (κ1) is 28.6. The smallest absolute Gasteiger partial charge is 0.142 e. The summed E-state index contributed by atoms with van der Waals surface area (Å²) in [5.74, 6) is 1.71. The minimum atomic E-state index is -0.678. The van der Waals surface area contributed by atoms with Gasteiger partial charge in [-0.15, -0.1) is 0 Å². The Balaban J connectivity index is 1.47. The zero-order valence-corrected chi connectivity index (χ0v) is 22.8. The zero-order valence-electron chi connectivity index (χ0n) is 22.8. The number of hydrogen-bond acceptors (Lipinski definition) is 9. The zero-order chi connectivity index (χ0) is 26.7. The molecular weight excluding hydrogens is 488 g/mol. The Kier molecular flexibility index (Phi) is 11.0. The number of ether oxygens (including phenoxy) is 6. The van der Waals surface area contributed by atoms with Crippen LogP contribution < -0.4 is 19.7 Å². The molecule has 4 atom stereocenters. The van der Waals surface area contributed by atoms with Gasteiger partial charge in [-0.1, -0.05) is 18.2 Å². The molecule has 0 aromatic heterocycles. The second-order valence-corrected chi connectivity index (χ2v) is 9.77. The van der Waals surface area contributed by atoms with E-state index in [1.165, 1.54) is 0 Å². The van der Waals surface area contributed by atoms with Gasteiger partial charge in [0.15, 0.2) is 0 Å². The molecule has 4 rings (SSSR count). The van der Waals surface area contributed by atoms with E-state index in [2.05, 4.69) is 34.5 Å². The van der Waals surface area contributed by atoms with E-state index in [-0.39, 0.29) is 31.3 Å². The molecule has 38 heavy (non-hydrogen) atoms. The molecule has 2 N–H and O–H groups in total. The van der Waals surface area contributed by atoms with Crippen molar-refractivity contribution in [2.24, 2.45) is 0 Å². The maximum absolute atomic E-state index is 10.2. The van der Waals surface area contributed by atoms with Crippen molar-refractivity contribution >= 4 is 5.69 Å². The molecule has 0 aliphatic carbocycles. The number of rotatable bonds is 14. The fraction of sp³-hybridized carbons (Fsp3) is 0.586. The van der Waals surface area contributed by atoms with Crippen LogP contribution in [0, 0.1) is 0 Å². The molecule has 210 valence electrons. The molecule has 9 heteroatoms. The quantitative estimate of drug-likeness (QED) is 0.358. The average Bonchev–Trinajstić information content (AvgIpc) is 2.95. The van der Waals surface area contributed by atoms with Crippen LogP contribution in [0.4, 0.5) is 5.69 Å². The van der Waals surface area contributed by atoms with Crippen molar-refractivity contribution in [3.05, 3.63) is 53.6 Å². The van der Waals surface area contributed by atoms with Crippen molar-refractivity contribution in [2.45, 2.75) is 37.3 Å². The molecule has 0 radical (unpaired) electrons. The highest BCUT2D eigenvalue weighted by Crippen LogP contribution is 2.35. The van der Waals surface area contributed by atoms with Gasteiger partial charge in [0.2, 0.25) is 0 Å². The maximum Gasteiger partial charge on any atom is 0.142 e. The molecule has 9 nitrogen and oxygen atoms in total. The monoisotopic (exact) mass is 530 g/mol. The number of nitrogens with one attached hydrogen (secondary N) is 1. The lowest BCUT2D eigenvalue weighted by Gasteiger charge is -2.39. The average molecular weight is 531 g/mol. The van der Waals surface area contributed by atoms with Crippen LogP contribution >= 0.6 is 0 Å². The van der Waals surface area contributed by atoms with Gasteiger partial charge in [0.05, 0.1) is 51.4 Å². The summed E-state index contributed by atoms with van der Waals surface area (Å²) in [6, 6.07) is 14.4. The van der Waals surface area contributed by atoms with Gasteiger partial charge >= 0.3 is 0 Å². The molecular formula is C29H42N2O7. The number of nitrogens with zero attached hydrogens (tertiary/aromatic N) is 1. The fourth-order valence-electron chi connectivity index (χ4n) is 5.16. The molecule has 1 saturated heterocycles. The number of aliphatic hydroxyl groups is 1. The third kappa shape index (κ3) is 7.59. The third-order valence-corrected chi connectivity index (χ3v) is 7.08. The summed E-state index contributed by atoms with van der Waals surface area (Å²) in [7, 11) is 4.97. The second-order valence-electron chi connectivity index (χ2n) is 9.77. The summed E-state index contributed by atoms with van der Waals surface area (Å²) in [5, 5.41) is 13.6. The molecule has 0 bridgehead atoms. The van der Waals surface area contributed by atoms with Crippen LogP contribution in [0.15, 0.2) is 42.5 Å². The van der Waals surface area contributed by atoms with Crippen molar-refractivity contribution in [1.82, 2.24) is 5.32 Å². The Bertz CT molecular complexity index is 974. The van der Waals surface area contributed by atoms with E-state index >= 15 is 0 Å². The van der Waals surface area contributed by atoms with E-state index in [1.807, 2.05) is 18.2 Å². The van der Waals surface area contributed by atoms with E-state index < -0.39 is 6.10 Å². The number of hydrogen-bond donors (Lipinski definition) is 2. The molecule has 2 heterocycles. The Hall–Kier alpha value is -2.40. The Morgan fingerprint density at radius 3 is 2.53 bits per heavy atom. The molecule has 0 spiro atoms. The van der Waals surface area contributed by atoms with Crippen molar-refractivity contribution < 1.29 is 33.5 Å². The van der Waals surface area contributed by atoms with E-state index in [1.54, 1.807) is 21.3 Å².